The van der Waals surface area contributed by atoms with Crippen molar-refractivity contribution in [1.29, 1.82) is 0 Å². The first-order valence-corrected chi connectivity index (χ1v) is 11.1. The van der Waals surface area contributed by atoms with Gasteiger partial charge >= 0.3 is 0 Å². The van der Waals surface area contributed by atoms with Crippen LogP contribution in [-0.4, -0.2) is 36.5 Å². The van der Waals surface area contributed by atoms with Crippen molar-refractivity contribution >= 4 is 23.2 Å². The fraction of sp³-hybridized carbons (Fsp3) is 0.400. The molecule has 33 heavy (non-hydrogen) atoms. The number of benzene rings is 2. The number of carbonyl (C=O) groups is 2. The molecule has 0 aromatic heterocycles. The van der Waals surface area contributed by atoms with Crippen LogP contribution in [0.5, 0.6) is 11.5 Å². The Balaban J connectivity index is 1.83. The van der Waals surface area contributed by atoms with Crippen molar-refractivity contribution in [2.24, 2.45) is 11.0 Å². The molecule has 8 heteroatoms. The fourth-order valence-corrected chi connectivity index (χ4v) is 3.76. The zero-order valence-corrected chi connectivity index (χ0v) is 19.3. The molecule has 2 aromatic rings. The van der Waals surface area contributed by atoms with E-state index in [0.29, 0.717) is 30.9 Å². The number of methoxy groups -OCH3 is 1. The Hall–Kier alpha value is -3.42. The van der Waals surface area contributed by atoms with Gasteiger partial charge in [-0.15, -0.1) is 0 Å². The highest BCUT2D eigenvalue weighted by Crippen LogP contribution is 2.32. The molecule has 1 aliphatic heterocycles. The van der Waals surface area contributed by atoms with Crippen LogP contribution in [0.1, 0.15) is 50.7 Å². The van der Waals surface area contributed by atoms with Crippen LogP contribution in [0.25, 0.3) is 0 Å². The van der Waals surface area contributed by atoms with Gasteiger partial charge in [-0.25, -0.2) is 9.40 Å². The van der Waals surface area contributed by atoms with Crippen molar-refractivity contribution in [3.63, 3.8) is 0 Å². The smallest absolute Gasteiger partial charge is 0.243 e. The first-order chi connectivity index (χ1) is 16.0. The Labute approximate surface area is 193 Å². The fourth-order valence-electron chi connectivity index (χ4n) is 3.76. The first-order valence-electron chi connectivity index (χ1n) is 11.1. The Morgan fingerprint density at radius 3 is 2.58 bits per heavy atom. The van der Waals surface area contributed by atoms with Crippen molar-refractivity contribution in [2.45, 2.75) is 46.1 Å². The number of hydrogen-bond donors (Lipinski definition) is 1. The maximum absolute atomic E-state index is 12.8. The average molecular weight is 456 g/mol. The third-order valence-corrected chi connectivity index (χ3v) is 5.53. The van der Waals surface area contributed by atoms with Crippen LogP contribution in [0, 0.1) is 5.92 Å². The normalized spacial score (nSPS) is 15.8. The van der Waals surface area contributed by atoms with Gasteiger partial charge in [0.05, 0.1) is 19.4 Å². The Morgan fingerprint density at radius 1 is 1.18 bits per heavy atom. The van der Waals surface area contributed by atoms with Crippen molar-refractivity contribution in [2.75, 3.05) is 19.3 Å². The maximum Gasteiger partial charge on any atom is 0.243 e. The highest BCUT2D eigenvalue weighted by Gasteiger charge is 2.29. The van der Waals surface area contributed by atoms with Gasteiger partial charge in [0.1, 0.15) is 0 Å². The lowest BCUT2D eigenvalue weighted by Gasteiger charge is -2.29. The van der Waals surface area contributed by atoms with Gasteiger partial charge in [-0.1, -0.05) is 26.0 Å². The quantitative estimate of drug-likeness (QED) is 0.552. The van der Waals surface area contributed by atoms with E-state index in [-0.39, 0.29) is 17.7 Å². The van der Waals surface area contributed by atoms with Crippen LogP contribution in [-0.2, 0) is 16.1 Å². The van der Waals surface area contributed by atoms with Crippen LogP contribution in [0.3, 0.4) is 0 Å². The lowest BCUT2D eigenvalue weighted by atomic mass is 9.89. The lowest BCUT2D eigenvalue weighted by Crippen LogP contribution is -2.36. The topological polar surface area (TPSA) is 80.2 Å². The van der Waals surface area contributed by atoms with E-state index in [1.165, 1.54) is 12.1 Å². The van der Waals surface area contributed by atoms with Gasteiger partial charge in [-0.3, -0.25) is 9.59 Å². The zero-order chi connectivity index (χ0) is 23.8. The second-order valence-corrected chi connectivity index (χ2v) is 7.86. The summed E-state index contributed by atoms with van der Waals surface area (Å²) in [4.78, 5) is 24.5. The van der Waals surface area contributed by atoms with E-state index in [1.807, 2.05) is 44.2 Å². The summed E-state index contributed by atoms with van der Waals surface area (Å²) in [6.07, 6.45) is 2.35. The van der Waals surface area contributed by atoms with Gasteiger partial charge in [-0.2, -0.15) is 5.10 Å². The zero-order valence-electron chi connectivity index (χ0n) is 19.3. The highest BCUT2D eigenvalue weighted by atomic mass is 19.1. The van der Waals surface area contributed by atoms with Gasteiger partial charge < -0.3 is 14.8 Å². The monoisotopic (exact) mass is 455 g/mol. The Kier molecular flexibility index (Phi) is 8.40. The second-order valence-electron chi connectivity index (χ2n) is 7.86. The number of anilines is 1. The molecule has 0 saturated heterocycles. The number of nitrogens with one attached hydrogen (secondary N) is 1. The Morgan fingerprint density at radius 2 is 1.94 bits per heavy atom. The molecule has 1 atom stereocenters. The number of carbonyl (C=O) groups excluding carboxylic acids is 2. The van der Waals surface area contributed by atoms with Gasteiger partial charge in [0.15, 0.2) is 11.5 Å². The largest absolute Gasteiger partial charge is 0.493 e. The molecule has 1 aliphatic rings. The molecule has 3 rings (SSSR count). The summed E-state index contributed by atoms with van der Waals surface area (Å²) >= 11 is 0. The third-order valence-electron chi connectivity index (χ3n) is 5.53. The van der Waals surface area contributed by atoms with Gasteiger partial charge in [-0.05, 0) is 48.7 Å². The van der Waals surface area contributed by atoms with Gasteiger partial charge in [0.25, 0.3) is 0 Å². The minimum absolute atomic E-state index is 0.0214. The summed E-state index contributed by atoms with van der Waals surface area (Å²) in [6, 6.07) is 12.6. The molecule has 0 aliphatic carbocycles. The van der Waals surface area contributed by atoms with Crippen LogP contribution >= 0.6 is 0 Å². The molecule has 7 nitrogen and oxygen atoms in total. The molecule has 0 spiro atoms. The van der Waals surface area contributed by atoms with Crippen LogP contribution in [0.4, 0.5) is 10.1 Å². The number of hydrogen-bond acceptors (Lipinski definition) is 5. The van der Waals surface area contributed by atoms with E-state index < -0.39 is 6.86 Å². The number of halogens is 1. The van der Waals surface area contributed by atoms with Gasteiger partial charge in [0, 0.05) is 30.0 Å². The standard InChI is InChI=1S/C25H30FN3O4/c1-4-6-23(30)27-20-10-7-17(8-11-20)15-29-24(31)14-18(5-2)25(28-29)19-9-12-21(32-3)22(13-19)33-16-26/h7-13,18H,4-6,14-16H2,1-3H3,(H,27,30). The van der Waals surface area contributed by atoms with E-state index in [9.17, 15) is 14.0 Å². The summed E-state index contributed by atoms with van der Waals surface area (Å²) in [5.41, 5.74) is 3.13. The number of alkyl halides is 1. The number of nitrogens with zero attached hydrogens (tertiary/aromatic N) is 2. The van der Waals surface area contributed by atoms with E-state index >= 15 is 0 Å². The summed E-state index contributed by atoms with van der Waals surface area (Å²) in [5, 5.41) is 8.99. The van der Waals surface area contributed by atoms with E-state index in [2.05, 4.69) is 10.4 Å². The summed E-state index contributed by atoms with van der Waals surface area (Å²) < 4.78 is 23.1. The number of ether oxygens (including phenoxy) is 2. The lowest BCUT2D eigenvalue weighted by molar-refractivity contribution is -0.133. The second kappa shape index (κ2) is 11.4. The molecule has 2 aromatic carbocycles. The van der Waals surface area contributed by atoms with Crippen LogP contribution in [0.15, 0.2) is 47.6 Å². The summed E-state index contributed by atoms with van der Waals surface area (Å²) in [5.74, 6) is 0.599. The first kappa shape index (κ1) is 24.2. The molecular formula is C25H30FN3O4. The SMILES string of the molecule is CCCC(=O)Nc1ccc(CN2N=C(c3ccc(OC)c(OCF)c3)C(CC)CC2=O)cc1. The molecule has 2 amide bonds. The molecule has 0 fully saturated rings. The molecule has 0 saturated carbocycles. The molecule has 176 valence electrons. The summed E-state index contributed by atoms with van der Waals surface area (Å²) in [6.45, 7) is 3.31. The van der Waals surface area contributed by atoms with Crippen molar-refractivity contribution in [3.05, 3.63) is 53.6 Å². The molecule has 1 unspecified atom stereocenters. The van der Waals surface area contributed by atoms with E-state index in [4.69, 9.17) is 9.47 Å². The average Bonchev–Trinajstić information content (AvgIpc) is 2.81. The number of hydrazone groups is 1. The Bertz CT molecular complexity index is 1010. The van der Waals surface area contributed by atoms with Crippen LogP contribution in [0.2, 0.25) is 0 Å². The summed E-state index contributed by atoms with van der Waals surface area (Å²) in [7, 11) is 1.49. The minimum atomic E-state index is -0.969. The van der Waals surface area contributed by atoms with Crippen molar-refractivity contribution in [1.82, 2.24) is 5.01 Å². The number of amides is 2. The molecular weight excluding hydrogens is 425 g/mol. The van der Waals surface area contributed by atoms with Gasteiger partial charge in [0.2, 0.25) is 18.7 Å². The van der Waals surface area contributed by atoms with Crippen LogP contribution < -0.4 is 14.8 Å². The maximum atomic E-state index is 12.8. The molecule has 1 heterocycles. The van der Waals surface area contributed by atoms with Crippen molar-refractivity contribution < 1.29 is 23.5 Å². The van der Waals surface area contributed by atoms with Crippen molar-refractivity contribution in [3.8, 4) is 11.5 Å². The molecule has 0 radical (unpaired) electrons. The number of rotatable bonds is 10. The highest BCUT2D eigenvalue weighted by molar-refractivity contribution is 6.06. The molecule has 0 bridgehead atoms. The van der Waals surface area contributed by atoms with E-state index in [1.54, 1.807) is 12.1 Å². The molecule has 1 N–H and O–H groups in total. The predicted octanol–water partition coefficient (Wildman–Crippen LogP) is 4.90. The third kappa shape index (κ3) is 6.09. The predicted molar refractivity (Wildman–Crippen MR) is 125 cm³/mol. The van der Waals surface area contributed by atoms with E-state index in [0.717, 1.165) is 35.4 Å². The minimum Gasteiger partial charge on any atom is -0.493 e.